The molecule has 5 nitrogen and oxygen atoms in total. The fourth-order valence-electron chi connectivity index (χ4n) is 2.45. The standard InChI is InChI=1S/C16H25N3O2/c1-11-9-13(7-8-14(11)18(2)3)17-16(21)19(4)10-15(20)12-5-6-12/h7-9,12,15,20H,5-6,10H2,1-4H3,(H,17,21). The molecule has 2 N–H and O–H groups in total. The third-order valence-corrected chi connectivity index (χ3v) is 3.90. The zero-order chi connectivity index (χ0) is 15.6. The summed E-state index contributed by atoms with van der Waals surface area (Å²) >= 11 is 0. The lowest BCUT2D eigenvalue weighted by Crippen LogP contribution is -2.38. The molecular weight excluding hydrogens is 266 g/mol. The van der Waals surface area contributed by atoms with Crippen LogP contribution in [0.4, 0.5) is 16.2 Å². The first-order chi connectivity index (χ1) is 9.88. The number of nitrogens with zero attached hydrogens (tertiary/aromatic N) is 2. The number of aliphatic hydroxyl groups is 1. The van der Waals surface area contributed by atoms with Gasteiger partial charge in [-0.1, -0.05) is 0 Å². The van der Waals surface area contributed by atoms with E-state index in [9.17, 15) is 9.90 Å². The monoisotopic (exact) mass is 291 g/mol. The van der Waals surface area contributed by atoms with Crippen LogP contribution < -0.4 is 10.2 Å². The Labute approximate surface area is 126 Å². The van der Waals surface area contributed by atoms with E-state index in [1.165, 1.54) is 4.90 Å². The predicted molar refractivity (Wildman–Crippen MR) is 85.9 cm³/mol. The molecule has 21 heavy (non-hydrogen) atoms. The van der Waals surface area contributed by atoms with Gasteiger partial charge in [0, 0.05) is 39.1 Å². The molecule has 0 saturated heterocycles. The number of hydrogen-bond donors (Lipinski definition) is 2. The number of aliphatic hydroxyl groups excluding tert-OH is 1. The lowest BCUT2D eigenvalue weighted by Gasteiger charge is -2.22. The number of nitrogens with one attached hydrogen (secondary N) is 1. The average molecular weight is 291 g/mol. The number of likely N-dealkylation sites (N-methyl/N-ethyl adjacent to an activating group) is 1. The van der Waals surface area contributed by atoms with Gasteiger partial charge in [0.1, 0.15) is 0 Å². The lowest BCUT2D eigenvalue weighted by molar-refractivity contribution is 0.117. The van der Waals surface area contributed by atoms with Crippen molar-refractivity contribution in [2.45, 2.75) is 25.9 Å². The minimum absolute atomic E-state index is 0.188. The summed E-state index contributed by atoms with van der Waals surface area (Å²) in [6.45, 7) is 2.40. The smallest absolute Gasteiger partial charge is 0.321 e. The molecule has 5 heteroatoms. The highest BCUT2D eigenvalue weighted by atomic mass is 16.3. The summed E-state index contributed by atoms with van der Waals surface area (Å²) < 4.78 is 0. The first-order valence-electron chi connectivity index (χ1n) is 7.36. The van der Waals surface area contributed by atoms with E-state index in [0.29, 0.717) is 12.5 Å². The first-order valence-corrected chi connectivity index (χ1v) is 7.36. The van der Waals surface area contributed by atoms with Gasteiger partial charge in [-0.05, 0) is 49.4 Å². The topological polar surface area (TPSA) is 55.8 Å². The van der Waals surface area contributed by atoms with Gasteiger partial charge >= 0.3 is 6.03 Å². The molecule has 1 aliphatic rings. The summed E-state index contributed by atoms with van der Waals surface area (Å²) in [5.41, 5.74) is 3.01. The summed E-state index contributed by atoms with van der Waals surface area (Å²) in [6.07, 6.45) is 1.74. The van der Waals surface area contributed by atoms with Crippen LogP contribution in [-0.2, 0) is 0 Å². The average Bonchev–Trinajstić information content (AvgIpc) is 3.22. The second-order valence-electron chi connectivity index (χ2n) is 6.11. The van der Waals surface area contributed by atoms with Crippen molar-refractivity contribution >= 4 is 17.4 Å². The molecule has 1 aliphatic carbocycles. The van der Waals surface area contributed by atoms with E-state index in [1.54, 1.807) is 7.05 Å². The quantitative estimate of drug-likeness (QED) is 0.875. The highest BCUT2D eigenvalue weighted by molar-refractivity contribution is 5.89. The Morgan fingerprint density at radius 2 is 2.05 bits per heavy atom. The van der Waals surface area contributed by atoms with Gasteiger partial charge in [-0.2, -0.15) is 0 Å². The van der Waals surface area contributed by atoms with Crippen molar-refractivity contribution in [2.24, 2.45) is 5.92 Å². The van der Waals surface area contributed by atoms with Crippen LogP contribution in [0, 0.1) is 12.8 Å². The van der Waals surface area contributed by atoms with Crippen molar-refractivity contribution < 1.29 is 9.90 Å². The van der Waals surface area contributed by atoms with Crippen LogP contribution in [-0.4, -0.2) is 49.8 Å². The molecule has 1 aromatic carbocycles. The van der Waals surface area contributed by atoms with E-state index in [-0.39, 0.29) is 6.03 Å². The fraction of sp³-hybridized carbons (Fsp3) is 0.562. The van der Waals surface area contributed by atoms with Crippen LogP contribution >= 0.6 is 0 Å². The molecule has 0 bridgehead atoms. The zero-order valence-corrected chi connectivity index (χ0v) is 13.3. The number of carbonyl (C=O) groups excluding carboxylic acids is 1. The normalized spacial score (nSPS) is 15.5. The molecule has 1 aromatic rings. The molecule has 2 amide bonds. The molecular formula is C16H25N3O2. The highest BCUT2D eigenvalue weighted by Crippen LogP contribution is 2.32. The van der Waals surface area contributed by atoms with Gasteiger partial charge in [-0.3, -0.25) is 0 Å². The van der Waals surface area contributed by atoms with E-state index in [4.69, 9.17) is 0 Å². The van der Waals surface area contributed by atoms with E-state index < -0.39 is 6.10 Å². The van der Waals surface area contributed by atoms with Gasteiger partial charge in [0.05, 0.1) is 6.10 Å². The number of hydrogen-bond acceptors (Lipinski definition) is 3. The van der Waals surface area contributed by atoms with E-state index in [2.05, 4.69) is 5.32 Å². The van der Waals surface area contributed by atoms with Gasteiger partial charge < -0.3 is 20.2 Å². The van der Waals surface area contributed by atoms with Crippen LogP contribution in [0.3, 0.4) is 0 Å². The maximum absolute atomic E-state index is 12.1. The number of benzene rings is 1. The van der Waals surface area contributed by atoms with Crippen LogP contribution in [0.5, 0.6) is 0 Å². The summed E-state index contributed by atoms with van der Waals surface area (Å²) in [4.78, 5) is 15.7. The van der Waals surface area contributed by atoms with E-state index in [0.717, 1.165) is 29.8 Å². The number of aryl methyl sites for hydroxylation is 1. The van der Waals surface area contributed by atoms with Crippen molar-refractivity contribution in [2.75, 3.05) is 37.9 Å². The maximum Gasteiger partial charge on any atom is 0.321 e. The summed E-state index contributed by atoms with van der Waals surface area (Å²) in [5.74, 6) is 0.377. The second-order valence-corrected chi connectivity index (χ2v) is 6.11. The van der Waals surface area contributed by atoms with Crippen LogP contribution in [0.15, 0.2) is 18.2 Å². The van der Waals surface area contributed by atoms with Gasteiger partial charge in [-0.25, -0.2) is 4.79 Å². The van der Waals surface area contributed by atoms with Gasteiger partial charge in [0.15, 0.2) is 0 Å². The zero-order valence-electron chi connectivity index (χ0n) is 13.3. The Balaban J connectivity index is 1.93. The Morgan fingerprint density at radius 3 is 2.57 bits per heavy atom. The SMILES string of the molecule is Cc1cc(NC(=O)N(C)CC(O)C2CC2)ccc1N(C)C. The third kappa shape index (κ3) is 4.11. The molecule has 116 valence electrons. The number of rotatable bonds is 5. The van der Waals surface area contributed by atoms with Gasteiger partial charge in [0.25, 0.3) is 0 Å². The molecule has 0 radical (unpaired) electrons. The first kappa shape index (κ1) is 15.6. The largest absolute Gasteiger partial charge is 0.391 e. The molecule has 0 aromatic heterocycles. The molecule has 1 unspecified atom stereocenters. The van der Waals surface area contributed by atoms with Crippen molar-refractivity contribution in [3.8, 4) is 0 Å². The molecule has 0 heterocycles. The maximum atomic E-state index is 12.1. The minimum atomic E-state index is -0.404. The molecule has 0 spiro atoms. The summed E-state index contributed by atoms with van der Waals surface area (Å²) in [5, 5.41) is 12.8. The van der Waals surface area contributed by atoms with Crippen molar-refractivity contribution in [1.29, 1.82) is 0 Å². The van der Waals surface area contributed by atoms with Crippen LogP contribution in [0.1, 0.15) is 18.4 Å². The Hall–Kier alpha value is -1.75. The second kappa shape index (κ2) is 6.35. The lowest BCUT2D eigenvalue weighted by atomic mass is 10.1. The van der Waals surface area contributed by atoms with Crippen LogP contribution in [0.25, 0.3) is 0 Å². The number of amides is 2. The predicted octanol–water partition coefficient (Wildman–Crippen LogP) is 2.30. The third-order valence-electron chi connectivity index (χ3n) is 3.90. The molecule has 1 atom stereocenters. The van der Waals surface area contributed by atoms with Crippen LogP contribution in [0.2, 0.25) is 0 Å². The fourth-order valence-corrected chi connectivity index (χ4v) is 2.45. The molecule has 1 fully saturated rings. The van der Waals surface area contributed by atoms with Crippen molar-refractivity contribution in [3.05, 3.63) is 23.8 Å². The van der Waals surface area contributed by atoms with E-state index in [1.807, 2.05) is 44.1 Å². The number of anilines is 2. The number of urea groups is 1. The van der Waals surface area contributed by atoms with Gasteiger partial charge in [0.2, 0.25) is 0 Å². The summed E-state index contributed by atoms with van der Waals surface area (Å²) in [6, 6.07) is 5.65. The Morgan fingerprint density at radius 1 is 1.38 bits per heavy atom. The van der Waals surface area contributed by atoms with Crippen molar-refractivity contribution in [1.82, 2.24) is 4.90 Å². The molecule has 1 saturated carbocycles. The Bertz CT molecular complexity index is 512. The molecule has 0 aliphatic heterocycles. The number of carbonyl (C=O) groups is 1. The Kier molecular flexibility index (Phi) is 4.73. The minimum Gasteiger partial charge on any atom is -0.391 e. The molecule has 2 rings (SSSR count). The van der Waals surface area contributed by atoms with Crippen molar-refractivity contribution in [3.63, 3.8) is 0 Å². The summed E-state index contributed by atoms with van der Waals surface area (Å²) in [7, 11) is 5.70. The van der Waals surface area contributed by atoms with E-state index >= 15 is 0 Å². The highest BCUT2D eigenvalue weighted by Gasteiger charge is 2.31. The van der Waals surface area contributed by atoms with Gasteiger partial charge in [-0.15, -0.1) is 0 Å².